The molecule has 0 unspecified atom stereocenters. The third kappa shape index (κ3) is 8.77. The predicted octanol–water partition coefficient (Wildman–Crippen LogP) is 4.31. The fourth-order valence-corrected chi connectivity index (χ4v) is 8.69. The van der Waals surface area contributed by atoms with E-state index in [1.54, 1.807) is 31.2 Å². The van der Waals surface area contributed by atoms with Gasteiger partial charge in [0.2, 0.25) is 33.3 Å². The van der Waals surface area contributed by atoms with Gasteiger partial charge in [0, 0.05) is 18.4 Å². The summed E-state index contributed by atoms with van der Waals surface area (Å²) in [6.07, 6.45) is 0.160. The third-order valence-electron chi connectivity index (χ3n) is 11.6. The summed E-state index contributed by atoms with van der Waals surface area (Å²) in [4.78, 5) is 65.9. The van der Waals surface area contributed by atoms with Gasteiger partial charge in [-0.15, -0.1) is 0 Å². The summed E-state index contributed by atoms with van der Waals surface area (Å²) in [5.41, 5.74) is -3.54. The van der Waals surface area contributed by atoms with E-state index in [2.05, 4.69) is 25.3 Å². The van der Waals surface area contributed by atoms with Crippen molar-refractivity contribution in [1.82, 2.24) is 30.2 Å². The molecule has 3 N–H and O–H groups in total. The molecule has 3 heterocycles. The molecule has 0 spiro atoms. The van der Waals surface area contributed by atoms with Gasteiger partial charge in [-0.1, -0.05) is 26.0 Å². The normalized spacial score (nSPS) is 29.7. The molecule has 1 aromatic carbocycles. The second kappa shape index (κ2) is 15.2. The molecule has 0 radical (unpaired) electrons. The van der Waals surface area contributed by atoms with Crippen molar-refractivity contribution in [2.45, 2.75) is 120 Å². The van der Waals surface area contributed by atoms with Crippen LogP contribution < -0.4 is 24.8 Å². The summed E-state index contributed by atoms with van der Waals surface area (Å²) in [5, 5.41) is 5.16. The molecule has 7 atom stereocenters. The summed E-state index contributed by atoms with van der Waals surface area (Å²) in [6.45, 7) is 6.33. The molecule has 2 aliphatic heterocycles. The van der Waals surface area contributed by atoms with E-state index < -0.39 is 85.9 Å². The van der Waals surface area contributed by atoms with Crippen molar-refractivity contribution in [2.75, 3.05) is 13.7 Å². The number of rotatable bonds is 8. The standard InChI is InChI=1S/C38H49F3N6O9S/c1-21-9-7-8-10-23-18-37(23,33(50)46-57(52,53)36(5)13-14-36)45-31(48)28-17-25(55-24-11-12-26-27(16-24)43-29(54-6)19-42-26)20-47(28)32(49)30(22(2)15-21)44-34(51)56-35(3,4)38(39,40)41/h8,10-12,16,19,21-23,25,28,30H,7,9,13-15,17-18,20H2,1-6H3,(H,44,51)(H,45,48)(H,46,50)/b10-8-/t21-,22-,23-,25-,28+,30+,37-/m1/s1. The molecular formula is C38H49F3N6O9S. The molecular weight excluding hydrogens is 774 g/mol. The number of hydrogen-bond donors (Lipinski definition) is 3. The maximum atomic E-state index is 14.7. The number of hydrogen-bond acceptors (Lipinski definition) is 11. The van der Waals surface area contributed by atoms with Crippen molar-refractivity contribution in [1.29, 1.82) is 0 Å². The Morgan fingerprint density at radius 3 is 2.47 bits per heavy atom. The molecule has 2 aromatic rings. The third-order valence-corrected chi connectivity index (χ3v) is 13.7. The van der Waals surface area contributed by atoms with Crippen LogP contribution in [0.2, 0.25) is 0 Å². The summed E-state index contributed by atoms with van der Waals surface area (Å²) in [5.74, 6) is -3.08. The van der Waals surface area contributed by atoms with E-state index in [0.717, 1.165) is 0 Å². The number of methoxy groups -OCH3 is 1. The van der Waals surface area contributed by atoms with Crippen LogP contribution in [0.5, 0.6) is 11.6 Å². The molecule has 0 bridgehead atoms. The monoisotopic (exact) mass is 822 g/mol. The summed E-state index contributed by atoms with van der Waals surface area (Å²) in [7, 11) is -2.63. The van der Waals surface area contributed by atoms with Crippen LogP contribution in [0.15, 0.2) is 36.5 Å². The SMILES string of the molecule is COc1cnc2ccc(O[C@@H]3C[C@H]4C(=O)N[C@]5(C(=O)NS(=O)(=O)C6(C)CC6)C[C@H]5/C=C\CC[C@@H](C)C[C@@H](C)[C@H](NC(=O)OC(C)(C)C(F)(F)F)C(=O)N4C3)cc2n1. The lowest BCUT2D eigenvalue weighted by molar-refractivity contribution is -0.244. The number of ether oxygens (including phenoxy) is 3. The van der Waals surface area contributed by atoms with Crippen LogP contribution in [-0.4, -0.2) is 101 Å². The van der Waals surface area contributed by atoms with Crippen LogP contribution in [0, 0.1) is 17.8 Å². The Bertz CT molecular complexity index is 2060. The van der Waals surface area contributed by atoms with Crippen LogP contribution in [0.3, 0.4) is 0 Å². The number of carbonyl (C=O) groups excluding carboxylic acids is 4. The quantitative estimate of drug-likeness (QED) is 0.321. The van der Waals surface area contributed by atoms with Crippen molar-refractivity contribution < 1.29 is 55.0 Å². The first kappa shape index (κ1) is 41.9. The fourth-order valence-electron chi connectivity index (χ4n) is 7.38. The van der Waals surface area contributed by atoms with Gasteiger partial charge in [0.25, 0.3) is 5.91 Å². The molecule has 57 heavy (non-hydrogen) atoms. The number of allylic oxidation sites excluding steroid dienone is 1. The summed E-state index contributed by atoms with van der Waals surface area (Å²) in [6, 6.07) is 2.17. The minimum atomic E-state index is -4.91. The number of aromatic nitrogens is 2. The topological polar surface area (TPSA) is 195 Å². The smallest absolute Gasteiger partial charge is 0.427 e. The van der Waals surface area contributed by atoms with Crippen LogP contribution in [0.25, 0.3) is 11.0 Å². The fraction of sp³-hybridized carbons (Fsp3) is 0.632. The van der Waals surface area contributed by atoms with E-state index in [1.165, 1.54) is 25.1 Å². The highest BCUT2D eigenvalue weighted by molar-refractivity contribution is 7.91. The van der Waals surface area contributed by atoms with Gasteiger partial charge in [-0.05, 0) is 83.3 Å². The molecule has 2 aliphatic carbocycles. The molecule has 312 valence electrons. The van der Waals surface area contributed by atoms with E-state index in [-0.39, 0.29) is 31.2 Å². The highest BCUT2D eigenvalue weighted by Gasteiger charge is 2.63. The Balaban J connectivity index is 1.34. The van der Waals surface area contributed by atoms with E-state index in [4.69, 9.17) is 14.2 Å². The van der Waals surface area contributed by atoms with Gasteiger partial charge in [0.1, 0.15) is 29.5 Å². The van der Waals surface area contributed by atoms with Crippen LogP contribution >= 0.6 is 0 Å². The Morgan fingerprint density at radius 2 is 1.81 bits per heavy atom. The number of nitrogens with zero attached hydrogens (tertiary/aromatic N) is 3. The first-order valence-corrected chi connectivity index (χ1v) is 20.5. The Morgan fingerprint density at radius 1 is 1.09 bits per heavy atom. The molecule has 1 aromatic heterocycles. The molecule has 19 heteroatoms. The number of halogens is 3. The number of amides is 4. The summed E-state index contributed by atoms with van der Waals surface area (Å²) < 4.78 is 84.8. The minimum Gasteiger partial charge on any atom is -0.488 e. The van der Waals surface area contributed by atoms with Crippen molar-refractivity contribution in [2.24, 2.45) is 17.8 Å². The second-order valence-electron chi connectivity index (χ2n) is 16.5. The van der Waals surface area contributed by atoms with Crippen LogP contribution in [0.1, 0.15) is 79.6 Å². The largest absolute Gasteiger partial charge is 0.488 e. The number of alkyl carbamates (subject to hydrolysis) is 1. The average Bonchev–Trinajstić information content (AvgIpc) is 4.01. The van der Waals surface area contributed by atoms with Gasteiger partial charge < -0.3 is 29.7 Å². The second-order valence-corrected chi connectivity index (χ2v) is 18.7. The Hall–Kier alpha value is -4.68. The zero-order valence-electron chi connectivity index (χ0n) is 32.6. The first-order valence-electron chi connectivity index (χ1n) is 19.0. The van der Waals surface area contributed by atoms with Crippen molar-refractivity contribution in [3.8, 4) is 11.6 Å². The zero-order valence-corrected chi connectivity index (χ0v) is 33.5. The lowest BCUT2D eigenvalue weighted by Gasteiger charge is -2.34. The van der Waals surface area contributed by atoms with Crippen LogP contribution in [0.4, 0.5) is 18.0 Å². The molecule has 6 rings (SSSR count). The van der Waals surface area contributed by atoms with Crippen molar-refractivity contribution in [3.05, 3.63) is 36.5 Å². The Labute approximate surface area is 328 Å². The first-order chi connectivity index (χ1) is 26.6. The van der Waals surface area contributed by atoms with E-state index in [9.17, 15) is 40.8 Å². The van der Waals surface area contributed by atoms with E-state index in [0.29, 0.717) is 62.7 Å². The van der Waals surface area contributed by atoms with Crippen LogP contribution in [-0.2, 0) is 29.1 Å². The molecule has 4 aliphatic rings. The average molecular weight is 823 g/mol. The van der Waals surface area contributed by atoms with Gasteiger partial charge in [-0.25, -0.2) is 23.2 Å². The number of sulfonamides is 1. The molecule has 15 nitrogen and oxygen atoms in total. The van der Waals surface area contributed by atoms with Crippen molar-refractivity contribution in [3.63, 3.8) is 0 Å². The van der Waals surface area contributed by atoms with Gasteiger partial charge in [0.05, 0.1) is 35.6 Å². The highest BCUT2D eigenvalue weighted by atomic mass is 32.2. The lowest BCUT2D eigenvalue weighted by atomic mass is 9.88. The molecule has 1 saturated heterocycles. The predicted molar refractivity (Wildman–Crippen MR) is 199 cm³/mol. The number of benzene rings is 1. The zero-order chi connectivity index (χ0) is 41.7. The number of carbonyl (C=O) groups is 4. The number of fused-ring (bicyclic) bond motifs is 3. The Kier molecular flexibility index (Phi) is 11.2. The maximum absolute atomic E-state index is 14.7. The van der Waals surface area contributed by atoms with E-state index >= 15 is 0 Å². The molecule has 2 saturated carbocycles. The van der Waals surface area contributed by atoms with Gasteiger partial charge >= 0.3 is 12.3 Å². The van der Waals surface area contributed by atoms with Crippen molar-refractivity contribution >= 4 is 44.9 Å². The highest BCUT2D eigenvalue weighted by Crippen LogP contribution is 2.47. The summed E-state index contributed by atoms with van der Waals surface area (Å²) >= 11 is 0. The van der Waals surface area contributed by atoms with Gasteiger partial charge in [-0.2, -0.15) is 13.2 Å². The lowest BCUT2D eigenvalue weighted by Crippen LogP contribution is -2.59. The number of nitrogens with one attached hydrogen (secondary N) is 3. The molecule has 3 fully saturated rings. The number of alkyl halides is 3. The van der Waals surface area contributed by atoms with Gasteiger partial charge in [0.15, 0.2) is 0 Å². The maximum Gasteiger partial charge on any atom is 0.427 e. The minimum absolute atomic E-state index is 0.0361. The van der Waals surface area contributed by atoms with E-state index in [1.807, 2.05) is 13.0 Å². The molecule has 4 amide bonds. The van der Waals surface area contributed by atoms with Gasteiger partial charge in [-0.3, -0.25) is 19.1 Å².